The van der Waals surface area contributed by atoms with Crippen LogP contribution in [0.4, 0.5) is 0 Å². The molecule has 0 aromatic rings. The molecule has 260 valence electrons. The maximum atomic E-state index is 13.1. The summed E-state index contributed by atoms with van der Waals surface area (Å²) in [4.78, 5) is 13.1. The third-order valence-electron chi connectivity index (χ3n) is 7.97. The van der Waals surface area contributed by atoms with Crippen LogP contribution in [0.25, 0.3) is 0 Å². The largest absolute Gasteiger partial charge is 0.454 e. The Balaban J connectivity index is 2.22. The van der Waals surface area contributed by atoms with Crippen LogP contribution in [0.3, 0.4) is 0 Å². The van der Waals surface area contributed by atoms with E-state index in [1.54, 1.807) is 0 Å². The average Bonchev–Trinajstić information content (AvgIpc) is 3.26. The number of hydrogen-bond acceptors (Lipinski definition) is 12. The molecule has 2 fully saturated rings. The van der Waals surface area contributed by atoms with Gasteiger partial charge in [-0.1, -0.05) is 86.0 Å². The maximum Gasteiger partial charge on any atom is 0.306 e. The SMILES string of the molecule is CCCCCCCCCCCC(=O)O[C@H]1[C@@H](O[C@]2(CO)O[C@H](CO)[C@@H](O)[C@@H]2OCC(C)C)O[C@H](CO)[C@@H](O)[C@@H]1OCC(C)C. The second-order valence-corrected chi connectivity index (χ2v) is 13.0. The first-order chi connectivity index (χ1) is 21.0. The highest BCUT2D eigenvalue weighted by Crippen LogP contribution is 2.39. The van der Waals surface area contributed by atoms with Crippen LogP contribution in [0, 0.1) is 11.8 Å². The summed E-state index contributed by atoms with van der Waals surface area (Å²) >= 11 is 0. The third kappa shape index (κ3) is 11.7. The number of rotatable bonds is 22. The zero-order chi connectivity index (χ0) is 32.7. The lowest BCUT2D eigenvalue weighted by atomic mass is 9.97. The molecule has 0 aromatic heterocycles. The fraction of sp³-hybridized carbons (Fsp3) is 0.969. The van der Waals surface area contributed by atoms with Crippen molar-refractivity contribution in [3.8, 4) is 0 Å². The first kappa shape index (κ1) is 39.2. The van der Waals surface area contributed by atoms with Gasteiger partial charge in [0.1, 0.15) is 43.2 Å². The number of hydrogen-bond donors (Lipinski definition) is 5. The summed E-state index contributed by atoms with van der Waals surface area (Å²) in [6.07, 6.45) is -0.235. The van der Waals surface area contributed by atoms with Gasteiger partial charge in [-0.25, -0.2) is 0 Å². The molecule has 2 aliphatic rings. The number of carbonyl (C=O) groups excluding carboxylic acids is 1. The number of unbranched alkanes of at least 4 members (excludes halogenated alkanes) is 8. The lowest BCUT2D eigenvalue weighted by Gasteiger charge is -2.46. The zero-order valence-corrected chi connectivity index (χ0v) is 27.5. The van der Waals surface area contributed by atoms with Gasteiger partial charge in [-0.05, 0) is 18.3 Å². The molecule has 9 atom stereocenters. The Labute approximate surface area is 263 Å². The number of aliphatic hydroxyl groups excluding tert-OH is 5. The van der Waals surface area contributed by atoms with E-state index < -0.39 is 80.6 Å². The molecular formula is C32H60O12. The molecule has 0 radical (unpaired) electrons. The molecule has 0 spiro atoms. The topological polar surface area (TPSA) is 174 Å². The molecular weight excluding hydrogens is 576 g/mol. The predicted octanol–water partition coefficient (Wildman–Crippen LogP) is 2.44. The predicted molar refractivity (Wildman–Crippen MR) is 162 cm³/mol. The first-order valence-electron chi connectivity index (χ1n) is 16.7. The highest BCUT2D eigenvalue weighted by molar-refractivity contribution is 5.69. The van der Waals surface area contributed by atoms with E-state index in [1.807, 2.05) is 27.7 Å². The molecule has 12 heteroatoms. The summed E-state index contributed by atoms with van der Waals surface area (Å²) in [6, 6.07) is 0. The van der Waals surface area contributed by atoms with Gasteiger partial charge in [-0.15, -0.1) is 0 Å². The van der Waals surface area contributed by atoms with Gasteiger partial charge in [0, 0.05) is 19.6 Å². The minimum atomic E-state index is -2.01. The Bertz CT molecular complexity index is 782. The van der Waals surface area contributed by atoms with Crippen LogP contribution in [-0.2, 0) is 33.2 Å². The lowest BCUT2D eigenvalue weighted by molar-refractivity contribution is -0.388. The van der Waals surface area contributed by atoms with Crippen LogP contribution in [0.5, 0.6) is 0 Å². The van der Waals surface area contributed by atoms with Gasteiger partial charge in [0.05, 0.1) is 13.2 Å². The van der Waals surface area contributed by atoms with Crippen LogP contribution in [0.2, 0.25) is 0 Å². The molecule has 2 rings (SSSR count). The Morgan fingerprint density at radius 2 is 1.34 bits per heavy atom. The molecule has 2 saturated heterocycles. The van der Waals surface area contributed by atoms with Crippen molar-refractivity contribution in [3.05, 3.63) is 0 Å². The van der Waals surface area contributed by atoms with Gasteiger partial charge in [0.2, 0.25) is 12.1 Å². The van der Waals surface area contributed by atoms with Crippen molar-refractivity contribution in [2.45, 2.75) is 154 Å². The lowest BCUT2D eigenvalue weighted by Crippen LogP contribution is -2.64. The van der Waals surface area contributed by atoms with Gasteiger partial charge in [0.15, 0.2) is 6.10 Å². The van der Waals surface area contributed by atoms with Gasteiger partial charge in [-0.3, -0.25) is 4.79 Å². The number of carbonyl (C=O) groups is 1. The smallest absolute Gasteiger partial charge is 0.306 e. The molecule has 2 heterocycles. The van der Waals surface area contributed by atoms with Crippen molar-refractivity contribution in [2.24, 2.45) is 11.8 Å². The summed E-state index contributed by atoms with van der Waals surface area (Å²) in [5, 5.41) is 52.3. The Morgan fingerprint density at radius 3 is 1.89 bits per heavy atom. The maximum absolute atomic E-state index is 13.1. The van der Waals surface area contributed by atoms with E-state index in [-0.39, 0.29) is 31.5 Å². The van der Waals surface area contributed by atoms with Gasteiger partial charge in [0.25, 0.3) is 0 Å². The molecule has 12 nitrogen and oxygen atoms in total. The molecule has 44 heavy (non-hydrogen) atoms. The van der Waals surface area contributed by atoms with Crippen LogP contribution >= 0.6 is 0 Å². The molecule has 0 aliphatic carbocycles. The van der Waals surface area contributed by atoms with Crippen molar-refractivity contribution < 1.29 is 58.7 Å². The van der Waals surface area contributed by atoms with E-state index >= 15 is 0 Å². The van der Waals surface area contributed by atoms with Crippen LogP contribution in [0.15, 0.2) is 0 Å². The summed E-state index contributed by atoms with van der Waals surface area (Å²) in [6.45, 7) is 8.30. The first-order valence-corrected chi connectivity index (χ1v) is 16.7. The van der Waals surface area contributed by atoms with Gasteiger partial charge in [-0.2, -0.15) is 0 Å². The van der Waals surface area contributed by atoms with Crippen LogP contribution < -0.4 is 0 Å². The fourth-order valence-electron chi connectivity index (χ4n) is 5.52. The summed E-state index contributed by atoms with van der Waals surface area (Å²) in [7, 11) is 0. The van der Waals surface area contributed by atoms with Crippen molar-refractivity contribution in [1.29, 1.82) is 0 Å². The molecule has 0 amide bonds. The second-order valence-electron chi connectivity index (χ2n) is 13.0. The van der Waals surface area contributed by atoms with E-state index in [0.29, 0.717) is 6.42 Å². The van der Waals surface area contributed by atoms with Crippen molar-refractivity contribution in [2.75, 3.05) is 33.0 Å². The Hall–Kier alpha value is -0.930. The Kier molecular flexibility index (Phi) is 18.1. The molecule has 2 aliphatic heterocycles. The molecule has 0 aromatic carbocycles. The van der Waals surface area contributed by atoms with Crippen molar-refractivity contribution >= 4 is 5.97 Å². The van der Waals surface area contributed by atoms with E-state index in [1.165, 1.54) is 32.1 Å². The van der Waals surface area contributed by atoms with E-state index in [0.717, 1.165) is 19.3 Å². The van der Waals surface area contributed by atoms with Crippen molar-refractivity contribution in [3.63, 3.8) is 0 Å². The minimum absolute atomic E-state index is 0.0650. The normalized spacial score (nSPS) is 32.5. The molecule has 5 N–H and O–H groups in total. The van der Waals surface area contributed by atoms with E-state index in [2.05, 4.69) is 6.92 Å². The van der Waals surface area contributed by atoms with Crippen molar-refractivity contribution in [1.82, 2.24) is 0 Å². The Morgan fingerprint density at radius 1 is 0.773 bits per heavy atom. The standard InChI is InChI=1S/C32H60O12/c1-6-7-8-9-10-11-12-13-14-15-25(36)42-29-28(39-18-21(2)3)26(37)23(16-33)41-31(29)44-32(20-35)30(40-19-22(4)5)27(38)24(17-34)43-32/h21-24,26-31,33-35,37-38H,6-20H2,1-5H3/t23-,24-,26-,27-,28+,29-,30+,31-,32+/m1/s1. The zero-order valence-electron chi connectivity index (χ0n) is 27.5. The highest BCUT2D eigenvalue weighted by Gasteiger charge is 2.60. The quantitative estimate of drug-likeness (QED) is 0.0869. The summed E-state index contributed by atoms with van der Waals surface area (Å²) < 4.78 is 35.7. The molecule has 0 unspecified atom stereocenters. The number of aliphatic hydroxyl groups is 5. The van der Waals surface area contributed by atoms with Gasteiger partial charge < -0.3 is 54.0 Å². The highest BCUT2D eigenvalue weighted by atomic mass is 16.8. The third-order valence-corrected chi connectivity index (χ3v) is 7.97. The minimum Gasteiger partial charge on any atom is -0.454 e. The monoisotopic (exact) mass is 636 g/mol. The van der Waals surface area contributed by atoms with E-state index in [4.69, 9.17) is 28.4 Å². The summed E-state index contributed by atoms with van der Waals surface area (Å²) in [5.41, 5.74) is 0. The average molecular weight is 637 g/mol. The fourth-order valence-corrected chi connectivity index (χ4v) is 5.52. The van der Waals surface area contributed by atoms with Gasteiger partial charge >= 0.3 is 5.97 Å². The summed E-state index contributed by atoms with van der Waals surface area (Å²) in [5.74, 6) is -2.41. The van der Waals surface area contributed by atoms with Crippen LogP contribution in [-0.4, -0.2) is 119 Å². The second kappa shape index (κ2) is 20.3. The van der Waals surface area contributed by atoms with Crippen LogP contribution in [0.1, 0.15) is 98.8 Å². The van der Waals surface area contributed by atoms with E-state index in [9.17, 15) is 30.3 Å². The molecule has 0 saturated carbocycles. The number of ether oxygens (including phenoxy) is 6. The number of esters is 1. The molecule has 0 bridgehead atoms.